The van der Waals surface area contributed by atoms with Gasteiger partial charge < -0.3 is 24.6 Å². The third kappa shape index (κ3) is 7.97. The SMILES string of the molecule is CC(C)[C@@H](CN1CC(C)(C)c2cc(F)ccc21)NC(=O)O[C@@H](CS(=O)(=O)Cc1ccccc1)C(=O)N1CCOCC1. The largest absolute Gasteiger partial charge is 0.435 e. The lowest BCUT2D eigenvalue weighted by atomic mass is 9.87. The smallest absolute Gasteiger partial charge is 0.408 e. The van der Waals surface area contributed by atoms with E-state index in [1.54, 1.807) is 42.5 Å². The van der Waals surface area contributed by atoms with E-state index in [-0.39, 0.29) is 28.9 Å². The zero-order valence-electron chi connectivity index (χ0n) is 24.1. The van der Waals surface area contributed by atoms with Gasteiger partial charge in [0.05, 0.1) is 30.8 Å². The van der Waals surface area contributed by atoms with Gasteiger partial charge in [-0.3, -0.25) is 4.79 Å². The van der Waals surface area contributed by atoms with Crippen molar-refractivity contribution < 1.29 is 31.9 Å². The Hall–Kier alpha value is -3.18. The number of rotatable bonds is 10. The van der Waals surface area contributed by atoms with Crippen LogP contribution in [-0.2, 0) is 35.3 Å². The van der Waals surface area contributed by atoms with Gasteiger partial charge in [0.25, 0.3) is 5.91 Å². The fraction of sp³-hybridized carbons (Fsp3) is 0.533. The Balaban J connectivity index is 1.48. The molecule has 0 aromatic heterocycles. The van der Waals surface area contributed by atoms with E-state index in [1.165, 1.54) is 11.0 Å². The van der Waals surface area contributed by atoms with Gasteiger partial charge >= 0.3 is 6.09 Å². The molecule has 1 N–H and O–H groups in total. The van der Waals surface area contributed by atoms with Crippen molar-refractivity contribution in [2.45, 2.75) is 51.0 Å². The zero-order valence-corrected chi connectivity index (χ0v) is 25.0. The standard InChI is InChI=1S/C30H40FN3O6S/c1-21(2)25(17-34-20-30(3,4)24-16-23(31)10-11-26(24)34)32-29(36)40-27(28(35)33-12-14-39-15-13-33)19-41(37,38)18-22-8-6-5-7-9-22/h5-11,16,21,25,27H,12-15,17-20H2,1-4H3,(H,32,36)/t25-,27+/m1/s1. The minimum absolute atomic E-state index is 0.00892. The van der Waals surface area contributed by atoms with Crippen molar-refractivity contribution in [1.29, 1.82) is 0 Å². The summed E-state index contributed by atoms with van der Waals surface area (Å²) in [6.07, 6.45) is -2.35. The van der Waals surface area contributed by atoms with Gasteiger partial charge in [-0.2, -0.15) is 0 Å². The predicted octanol–water partition coefficient (Wildman–Crippen LogP) is 3.52. The Morgan fingerprint density at radius 3 is 2.44 bits per heavy atom. The van der Waals surface area contributed by atoms with Gasteiger partial charge in [0.15, 0.2) is 15.9 Å². The number of anilines is 1. The topological polar surface area (TPSA) is 105 Å². The summed E-state index contributed by atoms with van der Waals surface area (Å²) in [5.41, 5.74) is 2.12. The summed E-state index contributed by atoms with van der Waals surface area (Å²) >= 11 is 0. The van der Waals surface area contributed by atoms with E-state index in [1.807, 2.05) is 13.8 Å². The Bertz CT molecular complexity index is 1330. The molecule has 2 amide bonds. The molecule has 0 bridgehead atoms. The van der Waals surface area contributed by atoms with E-state index in [0.29, 0.717) is 45.0 Å². The van der Waals surface area contributed by atoms with Crippen LogP contribution in [-0.4, -0.2) is 82.6 Å². The number of morpholine rings is 1. The Morgan fingerprint density at radius 1 is 1.10 bits per heavy atom. The van der Waals surface area contributed by atoms with Crippen LogP contribution in [0.3, 0.4) is 0 Å². The molecule has 2 aliphatic rings. The summed E-state index contributed by atoms with van der Waals surface area (Å²) in [5, 5.41) is 2.87. The number of fused-ring (bicyclic) bond motifs is 1. The zero-order chi connectivity index (χ0) is 29.8. The summed E-state index contributed by atoms with van der Waals surface area (Å²) in [4.78, 5) is 30.1. The van der Waals surface area contributed by atoms with E-state index >= 15 is 0 Å². The fourth-order valence-electron chi connectivity index (χ4n) is 5.37. The first-order valence-corrected chi connectivity index (χ1v) is 15.8. The van der Waals surface area contributed by atoms with Crippen molar-refractivity contribution in [1.82, 2.24) is 10.2 Å². The Labute approximate surface area is 241 Å². The monoisotopic (exact) mass is 589 g/mol. The van der Waals surface area contributed by atoms with Gasteiger partial charge in [-0.15, -0.1) is 0 Å². The van der Waals surface area contributed by atoms with Crippen LogP contribution >= 0.6 is 0 Å². The van der Waals surface area contributed by atoms with E-state index in [0.717, 1.165) is 11.3 Å². The molecular formula is C30H40FN3O6S. The summed E-state index contributed by atoms with van der Waals surface area (Å²) < 4.78 is 51.1. The van der Waals surface area contributed by atoms with Crippen LogP contribution in [0.1, 0.15) is 38.8 Å². The summed E-state index contributed by atoms with van der Waals surface area (Å²) in [6, 6.07) is 13.0. The van der Waals surface area contributed by atoms with E-state index in [2.05, 4.69) is 24.1 Å². The Morgan fingerprint density at radius 2 is 1.78 bits per heavy atom. The molecular weight excluding hydrogens is 549 g/mol. The van der Waals surface area contributed by atoms with Gasteiger partial charge in [-0.25, -0.2) is 17.6 Å². The molecule has 0 unspecified atom stereocenters. The molecule has 224 valence electrons. The number of sulfone groups is 1. The van der Waals surface area contributed by atoms with Crippen molar-refractivity contribution in [2.24, 2.45) is 5.92 Å². The number of nitrogens with one attached hydrogen (secondary N) is 1. The number of benzene rings is 2. The minimum atomic E-state index is -3.80. The highest BCUT2D eigenvalue weighted by Crippen LogP contribution is 2.40. The number of carbonyl (C=O) groups excluding carboxylic acids is 2. The van der Waals surface area contributed by atoms with Gasteiger partial charge in [0.2, 0.25) is 0 Å². The summed E-state index contributed by atoms with van der Waals surface area (Å²) in [7, 11) is -3.80. The van der Waals surface area contributed by atoms with Crippen molar-refractivity contribution in [3.05, 3.63) is 65.5 Å². The van der Waals surface area contributed by atoms with Gasteiger partial charge in [0.1, 0.15) is 5.82 Å². The molecule has 1 saturated heterocycles. The van der Waals surface area contributed by atoms with Gasteiger partial charge in [0, 0.05) is 37.3 Å². The third-order valence-corrected chi connectivity index (χ3v) is 9.21. The van der Waals surface area contributed by atoms with Crippen molar-refractivity contribution >= 4 is 27.5 Å². The second-order valence-corrected chi connectivity index (χ2v) is 13.9. The van der Waals surface area contributed by atoms with Crippen LogP contribution < -0.4 is 10.2 Å². The predicted molar refractivity (Wildman–Crippen MR) is 155 cm³/mol. The molecule has 4 rings (SSSR count). The molecule has 0 radical (unpaired) electrons. The molecule has 2 aromatic carbocycles. The number of hydrogen-bond donors (Lipinski definition) is 1. The van der Waals surface area contributed by atoms with Crippen molar-refractivity contribution in [3.8, 4) is 0 Å². The van der Waals surface area contributed by atoms with Crippen molar-refractivity contribution in [2.75, 3.05) is 50.0 Å². The molecule has 2 aliphatic heterocycles. The number of nitrogens with zero attached hydrogens (tertiary/aromatic N) is 2. The lowest BCUT2D eigenvalue weighted by Crippen LogP contribution is -2.52. The maximum Gasteiger partial charge on any atom is 0.408 e. The number of carbonyl (C=O) groups is 2. The number of ether oxygens (including phenoxy) is 2. The number of alkyl carbamates (subject to hydrolysis) is 1. The lowest BCUT2D eigenvalue weighted by molar-refractivity contribution is -0.143. The average molecular weight is 590 g/mol. The first kappa shape index (κ1) is 30.8. The normalized spacial score (nSPS) is 18.1. The molecule has 0 aliphatic carbocycles. The maximum absolute atomic E-state index is 14.0. The second kappa shape index (κ2) is 12.8. The van der Waals surface area contributed by atoms with E-state index in [4.69, 9.17) is 9.47 Å². The molecule has 0 spiro atoms. The molecule has 2 heterocycles. The van der Waals surface area contributed by atoms with Crippen LogP contribution in [0.2, 0.25) is 0 Å². The molecule has 2 atom stereocenters. The highest BCUT2D eigenvalue weighted by Gasteiger charge is 2.38. The van der Waals surface area contributed by atoms with Crippen molar-refractivity contribution in [3.63, 3.8) is 0 Å². The lowest BCUT2D eigenvalue weighted by Gasteiger charge is -2.32. The molecule has 9 nitrogen and oxygen atoms in total. The van der Waals surface area contributed by atoms with Crippen LogP contribution in [0.25, 0.3) is 0 Å². The molecule has 0 saturated carbocycles. The fourth-order valence-corrected chi connectivity index (χ4v) is 6.86. The average Bonchev–Trinajstić information content (AvgIpc) is 3.16. The maximum atomic E-state index is 14.0. The van der Waals surface area contributed by atoms with Gasteiger partial charge in [-0.05, 0) is 35.2 Å². The minimum Gasteiger partial charge on any atom is -0.435 e. The molecule has 1 fully saturated rings. The number of amides is 2. The highest BCUT2D eigenvalue weighted by atomic mass is 32.2. The Kier molecular flexibility index (Phi) is 9.59. The van der Waals surface area contributed by atoms with Gasteiger partial charge in [-0.1, -0.05) is 58.0 Å². The highest BCUT2D eigenvalue weighted by molar-refractivity contribution is 7.90. The van der Waals surface area contributed by atoms with Crippen LogP contribution in [0.15, 0.2) is 48.5 Å². The number of hydrogen-bond acceptors (Lipinski definition) is 7. The first-order valence-electron chi connectivity index (χ1n) is 14.0. The van der Waals surface area contributed by atoms with Crippen LogP contribution in [0.4, 0.5) is 14.9 Å². The molecule has 11 heteroatoms. The first-order chi connectivity index (χ1) is 19.3. The quantitative estimate of drug-likeness (QED) is 0.452. The van der Waals surface area contributed by atoms with Crippen LogP contribution in [0.5, 0.6) is 0 Å². The molecule has 2 aromatic rings. The third-order valence-electron chi connectivity index (χ3n) is 7.62. The summed E-state index contributed by atoms with van der Waals surface area (Å²) in [6.45, 7) is 10.3. The van der Waals surface area contributed by atoms with E-state index < -0.39 is 33.7 Å². The van der Waals surface area contributed by atoms with E-state index in [9.17, 15) is 22.4 Å². The molecule has 41 heavy (non-hydrogen) atoms. The number of halogens is 1. The summed E-state index contributed by atoms with van der Waals surface area (Å²) in [5.74, 6) is -1.76. The second-order valence-electron chi connectivity index (χ2n) is 11.8. The van der Waals surface area contributed by atoms with Crippen LogP contribution in [0, 0.1) is 11.7 Å².